The number of nitrogens with zero attached hydrogens (tertiary/aromatic N) is 2. The van der Waals surface area contributed by atoms with Gasteiger partial charge in [-0.3, -0.25) is 9.69 Å². The van der Waals surface area contributed by atoms with Crippen molar-refractivity contribution in [3.8, 4) is 5.75 Å². The van der Waals surface area contributed by atoms with Gasteiger partial charge in [0, 0.05) is 32.7 Å². The number of methoxy groups -OCH3 is 2. The number of carbonyl (C=O) groups is 1. The van der Waals surface area contributed by atoms with Gasteiger partial charge < -0.3 is 14.4 Å². The summed E-state index contributed by atoms with van der Waals surface area (Å²) < 4.78 is 10.1. The van der Waals surface area contributed by atoms with Gasteiger partial charge in [-0.15, -0.1) is 12.4 Å². The maximum Gasteiger partial charge on any atom is 0.306 e. The van der Waals surface area contributed by atoms with E-state index in [9.17, 15) is 4.79 Å². The molecule has 21 heavy (non-hydrogen) atoms. The van der Waals surface area contributed by atoms with E-state index in [1.807, 2.05) is 18.2 Å². The van der Waals surface area contributed by atoms with E-state index >= 15 is 0 Å². The number of carbonyl (C=O) groups excluding carboxylic acids is 1. The molecule has 0 bridgehead atoms. The van der Waals surface area contributed by atoms with Gasteiger partial charge in [0.05, 0.1) is 26.3 Å². The van der Waals surface area contributed by atoms with E-state index in [2.05, 4.69) is 20.6 Å². The van der Waals surface area contributed by atoms with Gasteiger partial charge in [0.2, 0.25) is 0 Å². The van der Waals surface area contributed by atoms with Gasteiger partial charge in [0.25, 0.3) is 0 Å². The number of rotatable bonds is 5. The summed E-state index contributed by atoms with van der Waals surface area (Å²) >= 11 is 0. The number of para-hydroxylation sites is 2. The van der Waals surface area contributed by atoms with E-state index in [1.165, 1.54) is 7.11 Å². The van der Waals surface area contributed by atoms with E-state index in [-0.39, 0.29) is 18.4 Å². The molecule has 5 nitrogen and oxygen atoms in total. The van der Waals surface area contributed by atoms with Crippen LogP contribution in [0.1, 0.15) is 6.42 Å². The lowest BCUT2D eigenvalue weighted by Crippen LogP contribution is -2.47. The first kappa shape index (κ1) is 17.6. The van der Waals surface area contributed by atoms with Crippen molar-refractivity contribution >= 4 is 24.1 Å². The van der Waals surface area contributed by atoms with Gasteiger partial charge >= 0.3 is 5.97 Å². The molecule has 0 aromatic heterocycles. The number of ether oxygens (including phenoxy) is 2. The lowest BCUT2D eigenvalue weighted by atomic mass is 10.2. The fourth-order valence-electron chi connectivity index (χ4n) is 2.45. The fraction of sp³-hybridized carbons (Fsp3) is 0.533. The van der Waals surface area contributed by atoms with Gasteiger partial charge in [-0.1, -0.05) is 12.1 Å². The molecule has 0 saturated carbocycles. The van der Waals surface area contributed by atoms with Crippen LogP contribution >= 0.6 is 12.4 Å². The molecule has 2 rings (SSSR count). The highest BCUT2D eigenvalue weighted by atomic mass is 35.5. The molecule has 0 spiro atoms. The van der Waals surface area contributed by atoms with Crippen molar-refractivity contribution in [3.63, 3.8) is 0 Å². The fourth-order valence-corrected chi connectivity index (χ4v) is 2.45. The van der Waals surface area contributed by atoms with Crippen molar-refractivity contribution in [1.82, 2.24) is 4.90 Å². The second-order valence-electron chi connectivity index (χ2n) is 4.83. The number of anilines is 1. The molecule has 1 saturated heterocycles. The zero-order valence-electron chi connectivity index (χ0n) is 12.6. The number of esters is 1. The summed E-state index contributed by atoms with van der Waals surface area (Å²) in [6.45, 7) is 4.57. The summed E-state index contributed by atoms with van der Waals surface area (Å²) in [4.78, 5) is 15.8. The largest absolute Gasteiger partial charge is 0.495 e. The van der Waals surface area contributed by atoms with Crippen molar-refractivity contribution < 1.29 is 14.3 Å². The highest BCUT2D eigenvalue weighted by Gasteiger charge is 2.19. The Morgan fingerprint density at radius 1 is 1.14 bits per heavy atom. The van der Waals surface area contributed by atoms with Crippen LogP contribution in [0.25, 0.3) is 0 Å². The Hall–Kier alpha value is -1.46. The van der Waals surface area contributed by atoms with Crippen molar-refractivity contribution in [2.24, 2.45) is 0 Å². The molecule has 1 aliphatic heterocycles. The first-order chi connectivity index (χ1) is 9.74. The summed E-state index contributed by atoms with van der Waals surface area (Å²) in [6, 6.07) is 8.08. The maximum atomic E-state index is 11.1. The topological polar surface area (TPSA) is 42.0 Å². The number of hydrogen-bond donors (Lipinski definition) is 0. The molecule has 0 amide bonds. The predicted molar refractivity (Wildman–Crippen MR) is 85.5 cm³/mol. The molecule has 0 N–H and O–H groups in total. The lowest BCUT2D eigenvalue weighted by molar-refractivity contribution is -0.141. The van der Waals surface area contributed by atoms with E-state index < -0.39 is 0 Å². The summed E-state index contributed by atoms with van der Waals surface area (Å²) in [6.07, 6.45) is 0.463. The lowest BCUT2D eigenvalue weighted by Gasteiger charge is -2.36. The molecule has 0 unspecified atom stereocenters. The molecule has 0 atom stereocenters. The zero-order chi connectivity index (χ0) is 14.4. The third-order valence-electron chi connectivity index (χ3n) is 3.66. The monoisotopic (exact) mass is 314 g/mol. The normalized spacial score (nSPS) is 15.2. The van der Waals surface area contributed by atoms with E-state index in [0.29, 0.717) is 6.42 Å². The van der Waals surface area contributed by atoms with Gasteiger partial charge in [0.1, 0.15) is 5.75 Å². The number of hydrogen-bond acceptors (Lipinski definition) is 5. The second-order valence-corrected chi connectivity index (χ2v) is 4.83. The first-order valence-electron chi connectivity index (χ1n) is 6.91. The Kier molecular flexibility index (Phi) is 7.32. The third kappa shape index (κ3) is 4.79. The van der Waals surface area contributed by atoms with Gasteiger partial charge in [-0.2, -0.15) is 0 Å². The van der Waals surface area contributed by atoms with Crippen molar-refractivity contribution in [1.29, 1.82) is 0 Å². The number of benzene rings is 1. The first-order valence-corrected chi connectivity index (χ1v) is 6.91. The quantitative estimate of drug-likeness (QED) is 0.775. The Balaban J connectivity index is 0.00000220. The van der Waals surface area contributed by atoms with Crippen LogP contribution < -0.4 is 9.64 Å². The van der Waals surface area contributed by atoms with Crippen LogP contribution in [0.15, 0.2) is 24.3 Å². The van der Waals surface area contributed by atoms with E-state index in [1.54, 1.807) is 7.11 Å². The van der Waals surface area contributed by atoms with Crippen LogP contribution in [0.5, 0.6) is 5.75 Å². The predicted octanol–water partition coefficient (Wildman–Crippen LogP) is 1.80. The second kappa shape index (κ2) is 8.74. The van der Waals surface area contributed by atoms with Crippen molar-refractivity contribution in [3.05, 3.63) is 24.3 Å². The highest BCUT2D eigenvalue weighted by Crippen LogP contribution is 2.28. The van der Waals surface area contributed by atoms with Crippen LogP contribution in [-0.4, -0.2) is 57.8 Å². The molecule has 1 aliphatic rings. The van der Waals surface area contributed by atoms with Crippen LogP contribution in [-0.2, 0) is 9.53 Å². The minimum atomic E-state index is -0.142. The molecule has 1 aromatic rings. The van der Waals surface area contributed by atoms with Crippen LogP contribution in [0.4, 0.5) is 5.69 Å². The maximum absolute atomic E-state index is 11.1. The molecule has 1 fully saturated rings. The Morgan fingerprint density at radius 3 is 2.43 bits per heavy atom. The molecule has 1 heterocycles. The van der Waals surface area contributed by atoms with E-state index in [4.69, 9.17) is 4.74 Å². The molecule has 6 heteroatoms. The Morgan fingerprint density at radius 2 is 1.81 bits per heavy atom. The van der Waals surface area contributed by atoms with Crippen molar-refractivity contribution in [2.75, 3.05) is 51.8 Å². The SMILES string of the molecule is COC(=O)CCN1CCN(c2ccccc2OC)CC1.Cl. The molecule has 0 aliphatic carbocycles. The average Bonchev–Trinajstić information content (AvgIpc) is 2.53. The minimum Gasteiger partial charge on any atom is -0.495 e. The smallest absolute Gasteiger partial charge is 0.306 e. The third-order valence-corrected chi connectivity index (χ3v) is 3.66. The number of piperazine rings is 1. The van der Waals surface area contributed by atoms with Gasteiger partial charge in [-0.25, -0.2) is 0 Å². The Labute approximate surface area is 132 Å². The van der Waals surface area contributed by atoms with Crippen LogP contribution in [0.2, 0.25) is 0 Å². The summed E-state index contributed by atoms with van der Waals surface area (Å²) in [5.41, 5.74) is 1.14. The summed E-state index contributed by atoms with van der Waals surface area (Å²) in [5, 5.41) is 0. The zero-order valence-corrected chi connectivity index (χ0v) is 13.4. The van der Waals surface area contributed by atoms with E-state index in [0.717, 1.165) is 44.2 Å². The highest BCUT2D eigenvalue weighted by molar-refractivity contribution is 5.85. The average molecular weight is 315 g/mol. The molecular weight excluding hydrogens is 292 g/mol. The summed E-state index contributed by atoms with van der Waals surface area (Å²) in [7, 11) is 3.13. The minimum absolute atomic E-state index is 0. The number of halogens is 1. The van der Waals surface area contributed by atoms with Crippen LogP contribution in [0.3, 0.4) is 0 Å². The molecular formula is C15H23ClN2O3. The summed E-state index contributed by atoms with van der Waals surface area (Å²) in [5.74, 6) is 0.771. The Bertz CT molecular complexity index is 448. The van der Waals surface area contributed by atoms with Crippen molar-refractivity contribution in [2.45, 2.75) is 6.42 Å². The van der Waals surface area contributed by atoms with Crippen LogP contribution in [0, 0.1) is 0 Å². The van der Waals surface area contributed by atoms with Gasteiger partial charge in [0.15, 0.2) is 0 Å². The molecule has 0 radical (unpaired) electrons. The molecule has 118 valence electrons. The standard InChI is InChI=1S/C15H22N2O3.ClH/c1-19-14-6-4-3-5-13(14)17-11-9-16(10-12-17)8-7-15(18)20-2;/h3-6H,7-12H2,1-2H3;1H. The van der Waals surface area contributed by atoms with Gasteiger partial charge in [-0.05, 0) is 12.1 Å². The molecule has 1 aromatic carbocycles.